The number of methoxy groups -OCH3 is 2. The predicted octanol–water partition coefficient (Wildman–Crippen LogP) is 2.65. The van der Waals surface area contributed by atoms with Crippen LogP contribution in [0.4, 0.5) is 10.3 Å². The first-order chi connectivity index (χ1) is 16.8. The molecule has 1 N–H and O–H groups in total. The molecule has 4 rings (SSSR count). The van der Waals surface area contributed by atoms with E-state index in [1.807, 2.05) is 0 Å². The second-order valence-electron chi connectivity index (χ2n) is 7.41. The van der Waals surface area contributed by atoms with Crippen LogP contribution in [-0.4, -0.2) is 57.6 Å². The van der Waals surface area contributed by atoms with E-state index in [1.165, 1.54) is 25.7 Å². The van der Waals surface area contributed by atoms with E-state index in [2.05, 4.69) is 29.9 Å². The quantitative estimate of drug-likeness (QED) is 0.369. The van der Waals surface area contributed by atoms with E-state index in [9.17, 15) is 12.8 Å². The van der Waals surface area contributed by atoms with Crippen molar-refractivity contribution in [2.75, 3.05) is 18.9 Å². The van der Waals surface area contributed by atoms with Crippen molar-refractivity contribution in [2.45, 2.75) is 18.6 Å². The SMILES string of the molecule is COc1cccc(OC)c1-n1c(NS(=O)(=O)[C@@H](C)Cc2ncc(F)cn2)nnc1-c1cccnc1. The first kappa shape index (κ1) is 24.0. The Kier molecular flexibility index (Phi) is 6.87. The summed E-state index contributed by atoms with van der Waals surface area (Å²) in [5.74, 6) is 0.619. The molecule has 4 aromatic rings. The van der Waals surface area contributed by atoms with Gasteiger partial charge in [0.25, 0.3) is 0 Å². The number of aromatic nitrogens is 6. The van der Waals surface area contributed by atoms with Crippen LogP contribution in [0.1, 0.15) is 12.7 Å². The first-order valence-electron chi connectivity index (χ1n) is 10.4. The van der Waals surface area contributed by atoms with E-state index in [-0.39, 0.29) is 18.2 Å². The lowest BCUT2D eigenvalue weighted by Gasteiger charge is -2.19. The van der Waals surface area contributed by atoms with Gasteiger partial charge >= 0.3 is 0 Å². The average Bonchev–Trinajstić information content (AvgIpc) is 3.27. The number of ether oxygens (including phenoxy) is 2. The van der Waals surface area contributed by atoms with Gasteiger partial charge in [0.05, 0.1) is 31.9 Å². The summed E-state index contributed by atoms with van der Waals surface area (Å²) in [5, 5.41) is 7.36. The van der Waals surface area contributed by atoms with Crippen LogP contribution in [-0.2, 0) is 16.4 Å². The Morgan fingerprint density at radius 1 is 1.03 bits per heavy atom. The van der Waals surface area contributed by atoms with Gasteiger partial charge in [-0.1, -0.05) is 6.07 Å². The van der Waals surface area contributed by atoms with E-state index >= 15 is 0 Å². The molecule has 0 spiro atoms. The van der Waals surface area contributed by atoms with Crippen LogP contribution in [0.5, 0.6) is 11.5 Å². The highest BCUT2D eigenvalue weighted by molar-refractivity contribution is 7.93. The van der Waals surface area contributed by atoms with Gasteiger partial charge in [-0.15, -0.1) is 10.2 Å². The van der Waals surface area contributed by atoms with E-state index in [1.54, 1.807) is 42.7 Å². The minimum atomic E-state index is -4.00. The number of halogens is 1. The molecule has 35 heavy (non-hydrogen) atoms. The lowest BCUT2D eigenvalue weighted by molar-refractivity contribution is 0.391. The highest BCUT2D eigenvalue weighted by Crippen LogP contribution is 2.37. The number of rotatable bonds is 9. The number of para-hydroxylation sites is 1. The van der Waals surface area contributed by atoms with Gasteiger partial charge in [0.1, 0.15) is 23.0 Å². The molecule has 11 nitrogen and oxygen atoms in total. The zero-order valence-corrected chi connectivity index (χ0v) is 19.9. The lowest BCUT2D eigenvalue weighted by atomic mass is 10.2. The Labute approximate surface area is 201 Å². The zero-order valence-electron chi connectivity index (χ0n) is 19.1. The highest BCUT2D eigenvalue weighted by Gasteiger charge is 2.28. The molecule has 0 amide bonds. The fraction of sp³-hybridized carbons (Fsp3) is 0.227. The minimum absolute atomic E-state index is 0.0445. The van der Waals surface area contributed by atoms with Crippen molar-refractivity contribution in [2.24, 2.45) is 0 Å². The van der Waals surface area contributed by atoms with Gasteiger partial charge in [0.15, 0.2) is 11.6 Å². The van der Waals surface area contributed by atoms with Crippen LogP contribution in [0.2, 0.25) is 0 Å². The average molecular weight is 500 g/mol. The molecule has 0 fully saturated rings. The third-order valence-corrected chi connectivity index (χ3v) is 6.81. The van der Waals surface area contributed by atoms with Gasteiger partial charge in [-0.3, -0.25) is 14.3 Å². The summed E-state index contributed by atoms with van der Waals surface area (Å²) in [7, 11) is -1.03. The second-order valence-corrected chi connectivity index (χ2v) is 9.51. The van der Waals surface area contributed by atoms with Crippen LogP contribution in [0, 0.1) is 5.82 Å². The number of pyridine rings is 1. The van der Waals surface area contributed by atoms with E-state index in [4.69, 9.17) is 9.47 Å². The van der Waals surface area contributed by atoms with Crippen molar-refractivity contribution >= 4 is 16.0 Å². The summed E-state index contributed by atoms with van der Waals surface area (Å²) < 4.78 is 54.6. The maximum absolute atomic E-state index is 13.2. The number of hydrogen-bond donors (Lipinski definition) is 1. The third-order valence-electron chi connectivity index (χ3n) is 5.12. The van der Waals surface area contributed by atoms with Crippen molar-refractivity contribution < 1.29 is 22.3 Å². The van der Waals surface area contributed by atoms with Gasteiger partial charge in [0, 0.05) is 24.4 Å². The Bertz CT molecular complexity index is 1390. The number of benzene rings is 1. The highest BCUT2D eigenvalue weighted by atomic mass is 32.2. The van der Waals surface area contributed by atoms with Gasteiger partial charge in [-0.25, -0.2) is 22.8 Å². The smallest absolute Gasteiger partial charge is 0.243 e. The number of nitrogens with zero attached hydrogens (tertiary/aromatic N) is 6. The summed E-state index contributed by atoms with van der Waals surface area (Å²) in [5.41, 5.74) is 0.986. The molecule has 0 unspecified atom stereocenters. The molecule has 3 heterocycles. The normalized spacial score (nSPS) is 12.2. The standard InChI is InChI=1S/C22H22FN7O4S/c1-14(10-19-25-12-16(23)13-26-19)35(31,32)29-22-28-27-21(15-6-5-9-24-11-15)30(22)20-17(33-2)7-4-8-18(20)34-3/h4-9,11-14H,10H2,1-3H3,(H,28,29)/t14-/m0/s1. The Morgan fingerprint density at radius 3 is 2.31 bits per heavy atom. The van der Waals surface area contributed by atoms with Crippen LogP contribution >= 0.6 is 0 Å². The van der Waals surface area contributed by atoms with E-state index in [0.29, 0.717) is 28.6 Å². The molecule has 0 aliphatic carbocycles. The molecule has 0 bridgehead atoms. The largest absolute Gasteiger partial charge is 0.494 e. The fourth-order valence-corrected chi connectivity index (χ4v) is 4.29. The van der Waals surface area contributed by atoms with Gasteiger partial charge < -0.3 is 9.47 Å². The first-order valence-corrected chi connectivity index (χ1v) is 11.9. The van der Waals surface area contributed by atoms with Crippen LogP contribution in [0.3, 0.4) is 0 Å². The molecular formula is C22H22FN7O4S. The summed E-state index contributed by atoms with van der Waals surface area (Å²) in [4.78, 5) is 11.8. The van der Waals surface area contributed by atoms with Crippen molar-refractivity contribution in [1.82, 2.24) is 29.7 Å². The molecule has 0 aliphatic rings. The minimum Gasteiger partial charge on any atom is -0.494 e. The van der Waals surface area contributed by atoms with Crippen LogP contribution in [0.15, 0.2) is 55.1 Å². The summed E-state index contributed by atoms with van der Waals surface area (Å²) in [6.07, 6.45) is 5.11. The Balaban J connectivity index is 1.79. The maximum atomic E-state index is 13.2. The van der Waals surface area contributed by atoms with Crippen molar-refractivity contribution in [3.63, 3.8) is 0 Å². The van der Waals surface area contributed by atoms with Gasteiger partial charge in [-0.05, 0) is 31.2 Å². The third kappa shape index (κ3) is 5.04. The van der Waals surface area contributed by atoms with Crippen LogP contribution in [0.25, 0.3) is 17.1 Å². The second kappa shape index (κ2) is 10.0. The van der Waals surface area contributed by atoms with E-state index in [0.717, 1.165) is 12.4 Å². The molecule has 0 saturated carbocycles. The summed E-state index contributed by atoms with van der Waals surface area (Å²) >= 11 is 0. The molecule has 1 aromatic carbocycles. The maximum Gasteiger partial charge on any atom is 0.243 e. The molecule has 13 heteroatoms. The molecule has 0 aliphatic heterocycles. The van der Waals surface area contributed by atoms with Gasteiger partial charge in [-0.2, -0.15) is 0 Å². The molecule has 3 aromatic heterocycles. The predicted molar refractivity (Wildman–Crippen MR) is 125 cm³/mol. The fourth-order valence-electron chi connectivity index (χ4n) is 3.34. The monoisotopic (exact) mass is 499 g/mol. The van der Waals surface area contributed by atoms with Crippen molar-refractivity contribution in [1.29, 1.82) is 0 Å². The number of sulfonamides is 1. The Hall–Kier alpha value is -4.13. The molecule has 182 valence electrons. The summed E-state index contributed by atoms with van der Waals surface area (Å²) in [6.45, 7) is 1.49. The van der Waals surface area contributed by atoms with Gasteiger partial charge in [0.2, 0.25) is 16.0 Å². The summed E-state index contributed by atoms with van der Waals surface area (Å²) in [6, 6.07) is 8.64. The van der Waals surface area contributed by atoms with Crippen molar-refractivity contribution in [3.8, 4) is 28.6 Å². The van der Waals surface area contributed by atoms with Crippen molar-refractivity contribution in [3.05, 3.63) is 66.8 Å². The number of hydrogen-bond acceptors (Lipinski definition) is 9. The van der Waals surface area contributed by atoms with E-state index < -0.39 is 21.1 Å². The zero-order chi connectivity index (χ0) is 25.0. The topological polar surface area (TPSA) is 134 Å². The number of anilines is 1. The lowest BCUT2D eigenvalue weighted by Crippen LogP contribution is -2.29. The molecule has 1 atom stereocenters. The number of nitrogens with one attached hydrogen (secondary N) is 1. The Morgan fingerprint density at radius 2 is 1.71 bits per heavy atom. The van der Waals surface area contributed by atoms with Crippen LogP contribution < -0.4 is 14.2 Å². The molecule has 0 saturated heterocycles. The molecule has 0 radical (unpaired) electrons. The molecular weight excluding hydrogens is 477 g/mol.